The Morgan fingerprint density at radius 3 is 2.70 bits per heavy atom. The molecule has 2 aliphatic heterocycles. The van der Waals surface area contributed by atoms with Crippen LogP contribution >= 0.6 is 11.6 Å². The Morgan fingerprint density at radius 2 is 2.07 bits per heavy atom. The van der Waals surface area contributed by atoms with E-state index in [2.05, 4.69) is 19.9 Å². The molecule has 3 aromatic heterocycles. The van der Waals surface area contributed by atoms with E-state index in [0.29, 0.717) is 31.3 Å². The average molecular weight is 433 g/mol. The molecule has 2 N–H and O–H groups in total. The van der Waals surface area contributed by atoms with Crippen LogP contribution in [-0.4, -0.2) is 81.4 Å². The number of pyridine rings is 1. The van der Waals surface area contributed by atoms with Gasteiger partial charge in [0.15, 0.2) is 0 Å². The summed E-state index contributed by atoms with van der Waals surface area (Å²) in [5, 5.41) is 11.8. The van der Waals surface area contributed by atoms with Crippen molar-refractivity contribution >= 4 is 28.3 Å². The van der Waals surface area contributed by atoms with Gasteiger partial charge in [-0.2, -0.15) is 0 Å². The van der Waals surface area contributed by atoms with Crippen molar-refractivity contribution < 1.29 is 14.6 Å². The van der Waals surface area contributed by atoms with E-state index in [1.165, 1.54) is 0 Å². The molecule has 0 spiro atoms. The summed E-state index contributed by atoms with van der Waals surface area (Å²) < 4.78 is 12.7. The number of aryl methyl sites for hydroxylation is 2. The van der Waals surface area contributed by atoms with E-state index in [9.17, 15) is 5.11 Å². The number of hydrogen-bond donors (Lipinski definition) is 2. The summed E-state index contributed by atoms with van der Waals surface area (Å²) in [6.07, 6.45) is 2.84. The molecular formula is C20H25ClN6O3. The number of ether oxygens (including phenoxy) is 2. The molecule has 1 atom stereocenters. The van der Waals surface area contributed by atoms with Crippen LogP contribution in [0.1, 0.15) is 5.82 Å². The fourth-order valence-corrected chi connectivity index (χ4v) is 4.25. The third-order valence-corrected chi connectivity index (χ3v) is 6.24. The summed E-state index contributed by atoms with van der Waals surface area (Å²) in [5.74, 6) is 0.915. The first-order valence-corrected chi connectivity index (χ1v) is 10.5. The van der Waals surface area contributed by atoms with E-state index in [4.69, 9.17) is 21.1 Å². The number of rotatable bonds is 5. The van der Waals surface area contributed by atoms with Gasteiger partial charge >= 0.3 is 0 Å². The molecule has 10 heteroatoms. The number of nitrogens with zero attached hydrogens (tertiary/aromatic N) is 5. The predicted molar refractivity (Wildman–Crippen MR) is 114 cm³/mol. The zero-order valence-electron chi connectivity index (χ0n) is 17.0. The molecule has 3 aromatic rings. The van der Waals surface area contributed by atoms with Gasteiger partial charge in [0, 0.05) is 45.6 Å². The number of anilines is 1. The number of nitrogens with one attached hydrogen (secondary N) is 1. The molecule has 0 aromatic carbocycles. The number of H-pyrrole nitrogens is 1. The van der Waals surface area contributed by atoms with Crippen LogP contribution in [-0.2, 0) is 16.5 Å². The summed E-state index contributed by atoms with van der Waals surface area (Å²) in [6, 6.07) is 1.99. The zero-order chi connectivity index (χ0) is 20.8. The van der Waals surface area contributed by atoms with E-state index in [0.717, 1.165) is 47.0 Å². The van der Waals surface area contributed by atoms with Crippen molar-refractivity contribution in [3.8, 4) is 11.4 Å². The largest absolute Gasteiger partial charge is 0.376 e. The van der Waals surface area contributed by atoms with Crippen molar-refractivity contribution in [2.45, 2.75) is 19.4 Å². The first-order chi connectivity index (χ1) is 14.5. The van der Waals surface area contributed by atoms with Gasteiger partial charge in [-0.05, 0) is 13.0 Å². The molecule has 2 fully saturated rings. The molecule has 9 nitrogen and oxygen atoms in total. The summed E-state index contributed by atoms with van der Waals surface area (Å²) in [6.45, 7) is 5.94. The molecule has 0 radical (unpaired) electrons. The smallest absolute Gasteiger partial charge is 0.216 e. The molecule has 0 amide bonds. The maximum Gasteiger partial charge on any atom is 0.216 e. The second-order valence-corrected chi connectivity index (χ2v) is 8.17. The molecule has 1 unspecified atom stereocenters. The average Bonchev–Trinajstić information content (AvgIpc) is 3.24. The highest BCUT2D eigenvalue weighted by molar-refractivity contribution is 6.39. The molecule has 0 saturated carbocycles. The van der Waals surface area contributed by atoms with Gasteiger partial charge in [0.05, 0.1) is 35.0 Å². The van der Waals surface area contributed by atoms with Gasteiger partial charge in [0.2, 0.25) is 6.41 Å². The Balaban J connectivity index is 1.37. The fourth-order valence-electron chi connectivity index (χ4n) is 3.91. The standard InChI is InChI=1S/C20H25ClN6O3/c1-12-23-14(9-25(12)2)18-17(21)16-15(3-4-22-19(16)24-18)26-5-7-27(8-6-26)20(28)30-13-10-29-11-13/h3-4,9,13,20,28H,5-8,10-11H2,1-2H3,(H,22,24). The van der Waals surface area contributed by atoms with Crippen molar-refractivity contribution in [1.82, 2.24) is 24.4 Å². The van der Waals surface area contributed by atoms with Crippen LogP contribution in [0.5, 0.6) is 0 Å². The number of piperazine rings is 1. The van der Waals surface area contributed by atoms with Crippen LogP contribution in [0.4, 0.5) is 5.69 Å². The lowest BCUT2D eigenvalue weighted by Gasteiger charge is -2.40. The lowest BCUT2D eigenvalue weighted by atomic mass is 10.2. The third-order valence-electron chi connectivity index (χ3n) is 5.87. The molecule has 160 valence electrons. The van der Waals surface area contributed by atoms with Gasteiger partial charge in [-0.1, -0.05) is 11.6 Å². The summed E-state index contributed by atoms with van der Waals surface area (Å²) in [5.41, 5.74) is 3.35. The Kier molecular flexibility index (Phi) is 5.16. The van der Waals surface area contributed by atoms with Crippen molar-refractivity contribution in [1.29, 1.82) is 0 Å². The van der Waals surface area contributed by atoms with Crippen LogP contribution in [0, 0.1) is 6.92 Å². The Bertz CT molecular complexity index is 1030. The Labute approximate surface area is 179 Å². The van der Waals surface area contributed by atoms with Crippen molar-refractivity contribution in [2.24, 2.45) is 7.05 Å². The number of aromatic nitrogens is 4. The number of aliphatic hydroxyl groups excluding tert-OH is 1. The minimum absolute atomic E-state index is 0.00910. The predicted octanol–water partition coefficient (Wildman–Crippen LogP) is 1.74. The van der Waals surface area contributed by atoms with Crippen LogP contribution < -0.4 is 4.90 Å². The number of aromatic amines is 1. The number of fused-ring (bicyclic) bond motifs is 1. The number of hydrogen-bond acceptors (Lipinski definition) is 7. The molecule has 30 heavy (non-hydrogen) atoms. The maximum absolute atomic E-state index is 10.3. The highest BCUT2D eigenvalue weighted by atomic mass is 35.5. The highest BCUT2D eigenvalue weighted by Crippen LogP contribution is 2.38. The first kappa shape index (κ1) is 19.8. The van der Waals surface area contributed by atoms with Gasteiger partial charge < -0.3 is 29.0 Å². The van der Waals surface area contributed by atoms with Crippen molar-refractivity contribution in [3.05, 3.63) is 29.3 Å². The molecule has 0 aliphatic carbocycles. The van der Waals surface area contributed by atoms with Crippen molar-refractivity contribution in [2.75, 3.05) is 44.3 Å². The molecule has 0 bridgehead atoms. The van der Waals surface area contributed by atoms with Gasteiger partial charge in [-0.3, -0.25) is 4.90 Å². The van der Waals surface area contributed by atoms with E-state index >= 15 is 0 Å². The SMILES string of the molecule is Cc1nc(-c2[nH]c3nccc(N4CCN(C(O)OC5COC5)CC4)c3c2Cl)cn1C. The zero-order valence-corrected chi connectivity index (χ0v) is 17.8. The third kappa shape index (κ3) is 3.46. The summed E-state index contributed by atoms with van der Waals surface area (Å²) >= 11 is 6.81. The Hall–Kier alpha value is -2.17. The van der Waals surface area contributed by atoms with Crippen molar-refractivity contribution in [3.63, 3.8) is 0 Å². The monoisotopic (exact) mass is 432 g/mol. The number of aliphatic hydroxyl groups is 1. The first-order valence-electron chi connectivity index (χ1n) is 10.1. The minimum Gasteiger partial charge on any atom is -0.376 e. The second kappa shape index (κ2) is 7.82. The van der Waals surface area contributed by atoms with Crippen LogP contribution in [0.15, 0.2) is 18.5 Å². The van der Waals surface area contributed by atoms with E-state index in [-0.39, 0.29) is 6.10 Å². The quantitative estimate of drug-likeness (QED) is 0.593. The fraction of sp³-hybridized carbons (Fsp3) is 0.500. The van der Waals surface area contributed by atoms with Gasteiger partial charge in [0.25, 0.3) is 0 Å². The summed E-state index contributed by atoms with van der Waals surface area (Å²) in [4.78, 5) is 16.6. The van der Waals surface area contributed by atoms with Crippen LogP contribution in [0.25, 0.3) is 22.4 Å². The Morgan fingerprint density at radius 1 is 1.30 bits per heavy atom. The van der Waals surface area contributed by atoms with Gasteiger partial charge in [-0.15, -0.1) is 0 Å². The summed E-state index contributed by atoms with van der Waals surface area (Å²) in [7, 11) is 1.96. The normalized spacial score (nSPS) is 19.4. The molecule has 5 heterocycles. The maximum atomic E-state index is 10.3. The lowest BCUT2D eigenvalue weighted by molar-refractivity contribution is -0.262. The lowest BCUT2D eigenvalue weighted by Crippen LogP contribution is -2.53. The molecule has 2 saturated heterocycles. The van der Waals surface area contributed by atoms with Gasteiger partial charge in [-0.25, -0.2) is 9.97 Å². The molecule has 2 aliphatic rings. The van der Waals surface area contributed by atoms with E-state index in [1.807, 2.05) is 35.7 Å². The minimum atomic E-state index is -0.895. The van der Waals surface area contributed by atoms with E-state index < -0.39 is 6.41 Å². The molecular weight excluding hydrogens is 408 g/mol. The topological polar surface area (TPSA) is 91.7 Å². The van der Waals surface area contributed by atoms with Crippen LogP contribution in [0.2, 0.25) is 5.02 Å². The molecule has 5 rings (SSSR count). The number of halogens is 1. The van der Waals surface area contributed by atoms with E-state index in [1.54, 1.807) is 6.20 Å². The number of imidazole rings is 1. The highest BCUT2D eigenvalue weighted by Gasteiger charge is 2.29. The van der Waals surface area contributed by atoms with Crippen LogP contribution in [0.3, 0.4) is 0 Å². The second-order valence-electron chi connectivity index (χ2n) is 7.80. The van der Waals surface area contributed by atoms with Gasteiger partial charge in [0.1, 0.15) is 23.3 Å².